The molecule has 0 fully saturated rings. The van der Waals surface area contributed by atoms with E-state index in [0.717, 1.165) is 6.42 Å². The van der Waals surface area contributed by atoms with Crippen molar-refractivity contribution in [3.63, 3.8) is 0 Å². The minimum Gasteiger partial charge on any atom is -0.350 e. The first-order chi connectivity index (χ1) is 10.9. The number of hydrogen-bond acceptors (Lipinski definition) is 3. The second-order valence-electron chi connectivity index (χ2n) is 5.25. The van der Waals surface area contributed by atoms with Gasteiger partial charge in [0.25, 0.3) is 15.9 Å². The molecule has 2 aromatic carbocycles. The van der Waals surface area contributed by atoms with Gasteiger partial charge in [0.1, 0.15) is 0 Å². The van der Waals surface area contributed by atoms with Crippen LogP contribution in [0.1, 0.15) is 30.6 Å². The molecular formula is C17H20N2O3S. The summed E-state index contributed by atoms with van der Waals surface area (Å²) in [5.74, 6) is -0.300. The zero-order valence-electron chi connectivity index (χ0n) is 13.1. The summed E-state index contributed by atoms with van der Waals surface area (Å²) in [6, 6.07) is 14.6. The predicted octanol–water partition coefficient (Wildman–Crippen LogP) is 3.02. The van der Waals surface area contributed by atoms with Crippen LogP contribution in [-0.2, 0) is 10.0 Å². The largest absolute Gasteiger partial charge is 0.350 e. The van der Waals surface area contributed by atoms with Crippen molar-refractivity contribution in [2.24, 2.45) is 0 Å². The molecular weight excluding hydrogens is 312 g/mol. The number of rotatable bonds is 6. The normalized spacial score (nSPS) is 12.4. The van der Waals surface area contributed by atoms with Crippen LogP contribution in [0.15, 0.2) is 59.5 Å². The molecule has 0 saturated heterocycles. The van der Waals surface area contributed by atoms with E-state index >= 15 is 0 Å². The lowest BCUT2D eigenvalue weighted by Crippen LogP contribution is -2.32. The standard InChI is InChI=1S/C17H20N2O3S/c1-3-13(2)18-17(20)15-11-7-8-12-16(15)19-23(21,22)14-9-5-4-6-10-14/h4-13,19H,3H2,1-2H3,(H,18,20)/t13-/m1/s1. The van der Waals surface area contributed by atoms with Gasteiger partial charge in [0, 0.05) is 6.04 Å². The highest BCUT2D eigenvalue weighted by Gasteiger charge is 2.18. The van der Waals surface area contributed by atoms with Gasteiger partial charge in [-0.25, -0.2) is 8.42 Å². The van der Waals surface area contributed by atoms with E-state index in [1.165, 1.54) is 12.1 Å². The van der Waals surface area contributed by atoms with Crippen molar-refractivity contribution in [2.75, 3.05) is 4.72 Å². The lowest BCUT2D eigenvalue weighted by Gasteiger charge is -2.15. The average molecular weight is 332 g/mol. The zero-order valence-corrected chi connectivity index (χ0v) is 13.9. The van der Waals surface area contributed by atoms with Gasteiger partial charge in [-0.3, -0.25) is 9.52 Å². The molecule has 2 rings (SSSR count). The fraction of sp³-hybridized carbons (Fsp3) is 0.235. The summed E-state index contributed by atoms with van der Waals surface area (Å²) >= 11 is 0. The first-order valence-corrected chi connectivity index (χ1v) is 8.90. The van der Waals surface area contributed by atoms with Crippen LogP contribution in [0.3, 0.4) is 0 Å². The Morgan fingerprint density at radius 2 is 1.65 bits per heavy atom. The molecule has 0 bridgehead atoms. The van der Waals surface area contributed by atoms with Crippen LogP contribution in [0.4, 0.5) is 5.69 Å². The number of sulfonamides is 1. The fourth-order valence-corrected chi connectivity index (χ4v) is 3.08. The summed E-state index contributed by atoms with van der Waals surface area (Å²) in [6.07, 6.45) is 0.795. The minimum atomic E-state index is -3.73. The van der Waals surface area contributed by atoms with Crippen LogP contribution in [0.5, 0.6) is 0 Å². The van der Waals surface area contributed by atoms with Gasteiger partial charge in [-0.15, -0.1) is 0 Å². The second-order valence-corrected chi connectivity index (χ2v) is 6.93. The van der Waals surface area contributed by atoms with E-state index in [4.69, 9.17) is 0 Å². The first-order valence-electron chi connectivity index (χ1n) is 7.42. The molecule has 5 nitrogen and oxygen atoms in total. The Balaban J connectivity index is 2.29. The van der Waals surface area contributed by atoms with E-state index in [1.54, 1.807) is 42.5 Å². The van der Waals surface area contributed by atoms with E-state index in [1.807, 2.05) is 13.8 Å². The van der Waals surface area contributed by atoms with Crippen molar-refractivity contribution in [3.05, 3.63) is 60.2 Å². The van der Waals surface area contributed by atoms with Crippen molar-refractivity contribution in [3.8, 4) is 0 Å². The maximum absolute atomic E-state index is 12.4. The van der Waals surface area contributed by atoms with E-state index < -0.39 is 10.0 Å². The molecule has 122 valence electrons. The maximum Gasteiger partial charge on any atom is 0.261 e. The van der Waals surface area contributed by atoms with E-state index in [0.29, 0.717) is 5.56 Å². The van der Waals surface area contributed by atoms with Gasteiger partial charge in [-0.05, 0) is 37.6 Å². The molecule has 0 unspecified atom stereocenters. The lowest BCUT2D eigenvalue weighted by atomic mass is 10.1. The highest BCUT2D eigenvalue weighted by Crippen LogP contribution is 2.20. The molecule has 0 spiro atoms. The van der Waals surface area contributed by atoms with Crippen LogP contribution in [-0.4, -0.2) is 20.4 Å². The van der Waals surface area contributed by atoms with Crippen molar-refractivity contribution in [1.29, 1.82) is 0 Å². The minimum absolute atomic E-state index is 0.0151. The Morgan fingerprint density at radius 3 is 2.30 bits per heavy atom. The van der Waals surface area contributed by atoms with Crippen molar-refractivity contribution in [1.82, 2.24) is 5.32 Å². The first kappa shape index (κ1) is 17.0. The summed E-state index contributed by atoms with van der Waals surface area (Å²) in [5.41, 5.74) is 0.560. The number of carbonyl (C=O) groups is 1. The van der Waals surface area contributed by atoms with Crippen LogP contribution >= 0.6 is 0 Å². The molecule has 2 N–H and O–H groups in total. The van der Waals surface area contributed by atoms with Crippen LogP contribution in [0.2, 0.25) is 0 Å². The molecule has 23 heavy (non-hydrogen) atoms. The Morgan fingerprint density at radius 1 is 1.04 bits per heavy atom. The zero-order chi connectivity index (χ0) is 16.9. The van der Waals surface area contributed by atoms with Crippen molar-refractivity contribution < 1.29 is 13.2 Å². The number of carbonyl (C=O) groups excluding carboxylic acids is 1. The number of nitrogens with one attached hydrogen (secondary N) is 2. The van der Waals surface area contributed by atoms with Crippen molar-refractivity contribution in [2.45, 2.75) is 31.2 Å². The third-order valence-electron chi connectivity index (χ3n) is 3.46. The number of benzene rings is 2. The summed E-state index contributed by atoms with van der Waals surface area (Å²) in [5, 5.41) is 2.84. The quantitative estimate of drug-likeness (QED) is 0.854. The molecule has 2 aromatic rings. The Bertz CT molecular complexity index is 773. The molecule has 1 amide bonds. The van der Waals surface area contributed by atoms with Crippen LogP contribution in [0, 0.1) is 0 Å². The van der Waals surface area contributed by atoms with Gasteiger partial charge < -0.3 is 5.32 Å². The van der Waals surface area contributed by atoms with Gasteiger partial charge >= 0.3 is 0 Å². The Hall–Kier alpha value is -2.34. The van der Waals surface area contributed by atoms with Gasteiger partial charge in [0.2, 0.25) is 0 Å². The Labute approximate surface area is 136 Å². The molecule has 0 saturated carbocycles. The lowest BCUT2D eigenvalue weighted by molar-refractivity contribution is 0.0940. The summed E-state index contributed by atoms with van der Waals surface area (Å²) in [7, 11) is -3.73. The molecule has 0 aliphatic heterocycles. The van der Waals surface area contributed by atoms with Crippen LogP contribution in [0.25, 0.3) is 0 Å². The van der Waals surface area contributed by atoms with Gasteiger partial charge in [-0.2, -0.15) is 0 Å². The second kappa shape index (κ2) is 7.28. The Kier molecular flexibility index (Phi) is 5.39. The molecule has 0 aliphatic rings. The SMILES string of the molecule is CC[C@@H](C)NC(=O)c1ccccc1NS(=O)(=O)c1ccccc1. The molecule has 0 aromatic heterocycles. The summed E-state index contributed by atoms with van der Waals surface area (Å²) < 4.78 is 27.3. The molecule has 1 atom stereocenters. The third kappa shape index (κ3) is 4.32. The van der Waals surface area contributed by atoms with E-state index in [-0.39, 0.29) is 22.5 Å². The summed E-state index contributed by atoms with van der Waals surface area (Å²) in [4.78, 5) is 12.5. The number of amides is 1. The monoisotopic (exact) mass is 332 g/mol. The highest BCUT2D eigenvalue weighted by molar-refractivity contribution is 7.92. The predicted molar refractivity (Wildman–Crippen MR) is 90.9 cm³/mol. The topological polar surface area (TPSA) is 75.3 Å². The highest BCUT2D eigenvalue weighted by atomic mass is 32.2. The fourth-order valence-electron chi connectivity index (χ4n) is 1.98. The molecule has 0 heterocycles. The van der Waals surface area contributed by atoms with Gasteiger partial charge in [0.05, 0.1) is 16.1 Å². The molecule has 6 heteroatoms. The van der Waals surface area contributed by atoms with E-state index in [9.17, 15) is 13.2 Å². The average Bonchev–Trinajstić information content (AvgIpc) is 2.55. The van der Waals surface area contributed by atoms with Crippen LogP contribution < -0.4 is 10.0 Å². The maximum atomic E-state index is 12.4. The van der Waals surface area contributed by atoms with Crippen molar-refractivity contribution >= 4 is 21.6 Å². The smallest absolute Gasteiger partial charge is 0.261 e. The van der Waals surface area contributed by atoms with Gasteiger partial charge in [-0.1, -0.05) is 37.3 Å². The number of para-hydroxylation sites is 1. The molecule has 0 radical (unpaired) electrons. The number of anilines is 1. The summed E-state index contributed by atoms with van der Waals surface area (Å²) in [6.45, 7) is 3.86. The van der Waals surface area contributed by atoms with Gasteiger partial charge in [0.15, 0.2) is 0 Å². The number of hydrogen-bond donors (Lipinski definition) is 2. The molecule has 0 aliphatic carbocycles. The third-order valence-corrected chi connectivity index (χ3v) is 4.84. The van der Waals surface area contributed by atoms with E-state index in [2.05, 4.69) is 10.0 Å².